The number of anilines is 1. The van der Waals surface area contributed by atoms with E-state index in [0.717, 1.165) is 16.2 Å². The SMILES string of the molecule is O=C(Nc1nnc(CN2C(=O)c3ccccc3C2=O)s1)c1cnc(-c2ccc(Cl)cc2)[nH]c1=O. The minimum absolute atomic E-state index is 0.0855. The van der Waals surface area contributed by atoms with Crippen molar-refractivity contribution in [2.75, 3.05) is 5.32 Å². The standard InChI is InChI=1S/C22H13ClN6O4S/c23-12-7-5-11(6-8-12)17-24-9-15(18(30)25-17)19(31)26-22-28-27-16(34-22)10-29-20(32)13-3-1-2-4-14(13)21(29)33/h1-9H,10H2,(H,24,25,30)(H,26,28,31). The molecule has 0 atom stereocenters. The summed E-state index contributed by atoms with van der Waals surface area (Å²) >= 11 is 6.85. The van der Waals surface area contributed by atoms with Gasteiger partial charge in [0.25, 0.3) is 23.3 Å². The number of hydrogen-bond acceptors (Lipinski definition) is 8. The summed E-state index contributed by atoms with van der Waals surface area (Å²) in [6, 6.07) is 13.2. The molecule has 3 amide bonds. The van der Waals surface area contributed by atoms with Crippen molar-refractivity contribution in [3.8, 4) is 11.4 Å². The Morgan fingerprint density at radius 3 is 2.32 bits per heavy atom. The molecule has 34 heavy (non-hydrogen) atoms. The molecule has 2 N–H and O–H groups in total. The van der Waals surface area contributed by atoms with Gasteiger partial charge in [0.1, 0.15) is 16.4 Å². The number of hydrogen-bond donors (Lipinski definition) is 2. The topological polar surface area (TPSA) is 138 Å². The maximum atomic E-state index is 12.6. The number of H-pyrrole nitrogens is 1. The molecule has 10 nitrogen and oxygen atoms in total. The van der Waals surface area contributed by atoms with Gasteiger partial charge < -0.3 is 4.98 Å². The highest BCUT2D eigenvalue weighted by Gasteiger charge is 2.35. The number of carbonyl (C=O) groups is 3. The number of halogens is 1. The van der Waals surface area contributed by atoms with Crippen LogP contribution < -0.4 is 10.9 Å². The number of carbonyl (C=O) groups excluding carboxylic acids is 3. The van der Waals surface area contributed by atoms with Crippen molar-refractivity contribution in [1.82, 2.24) is 25.1 Å². The Morgan fingerprint density at radius 2 is 1.68 bits per heavy atom. The fourth-order valence-corrected chi connectivity index (χ4v) is 4.21. The van der Waals surface area contributed by atoms with Crippen LogP contribution in [0.2, 0.25) is 5.02 Å². The minimum Gasteiger partial charge on any atom is -0.306 e. The molecule has 5 rings (SSSR count). The van der Waals surface area contributed by atoms with Gasteiger partial charge in [-0.1, -0.05) is 35.1 Å². The zero-order valence-corrected chi connectivity index (χ0v) is 18.7. The second-order valence-electron chi connectivity index (χ2n) is 7.18. The van der Waals surface area contributed by atoms with Crippen LogP contribution in [0, 0.1) is 0 Å². The van der Waals surface area contributed by atoms with E-state index < -0.39 is 23.3 Å². The molecule has 0 saturated carbocycles. The zero-order chi connectivity index (χ0) is 23.8. The molecular formula is C22H13ClN6O4S. The van der Waals surface area contributed by atoms with Crippen molar-refractivity contribution in [2.24, 2.45) is 0 Å². The van der Waals surface area contributed by atoms with Crippen molar-refractivity contribution in [2.45, 2.75) is 6.54 Å². The zero-order valence-electron chi connectivity index (χ0n) is 17.1. The second-order valence-corrected chi connectivity index (χ2v) is 8.68. The van der Waals surface area contributed by atoms with Crippen LogP contribution in [0.1, 0.15) is 36.1 Å². The van der Waals surface area contributed by atoms with Crippen LogP contribution in [0.25, 0.3) is 11.4 Å². The number of aromatic nitrogens is 4. The number of imide groups is 1. The molecule has 1 aliphatic heterocycles. The lowest BCUT2D eigenvalue weighted by atomic mass is 10.1. The van der Waals surface area contributed by atoms with Gasteiger partial charge in [0.2, 0.25) is 5.13 Å². The van der Waals surface area contributed by atoms with E-state index >= 15 is 0 Å². The first kappa shape index (κ1) is 21.6. The molecule has 0 fully saturated rings. The van der Waals surface area contributed by atoms with Gasteiger partial charge in [-0.2, -0.15) is 0 Å². The Labute approximate surface area is 200 Å². The lowest BCUT2D eigenvalue weighted by Crippen LogP contribution is -2.29. The molecule has 1 aliphatic rings. The number of fused-ring (bicyclic) bond motifs is 1. The summed E-state index contributed by atoms with van der Waals surface area (Å²) in [5.41, 5.74) is 0.456. The van der Waals surface area contributed by atoms with Crippen molar-refractivity contribution in [1.29, 1.82) is 0 Å². The first-order valence-electron chi connectivity index (χ1n) is 9.85. The lowest BCUT2D eigenvalue weighted by Gasteiger charge is -2.10. The van der Waals surface area contributed by atoms with Gasteiger partial charge in [0.05, 0.1) is 17.7 Å². The van der Waals surface area contributed by atoms with Gasteiger partial charge in [-0.3, -0.25) is 29.4 Å². The van der Waals surface area contributed by atoms with Gasteiger partial charge in [-0.25, -0.2) is 4.98 Å². The van der Waals surface area contributed by atoms with E-state index in [1.54, 1.807) is 48.5 Å². The molecule has 3 heterocycles. The summed E-state index contributed by atoms with van der Waals surface area (Å²) in [4.78, 5) is 57.8. The molecule has 2 aromatic carbocycles. The number of nitrogens with zero attached hydrogens (tertiary/aromatic N) is 4. The number of benzene rings is 2. The highest BCUT2D eigenvalue weighted by molar-refractivity contribution is 7.15. The number of aromatic amines is 1. The molecule has 0 bridgehead atoms. The third-order valence-electron chi connectivity index (χ3n) is 5.02. The predicted octanol–water partition coefficient (Wildman–Crippen LogP) is 2.99. The maximum absolute atomic E-state index is 12.6. The lowest BCUT2D eigenvalue weighted by molar-refractivity contribution is 0.0641. The number of nitrogens with one attached hydrogen (secondary N) is 2. The molecule has 0 unspecified atom stereocenters. The van der Waals surface area contributed by atoms with E-state index in [0.29, 0.717) is 26.7 Å². The maximum Gasteiger partial charge on any atom is 0.264 e. The quantitative estimate of drug-likeness (QED) is 0.408. The predicted molar refractivity (Wildman–Crippen MR) is 124 cm³/mol. The van der Waals surface area contributed by atoms with E-state index in [1.807, 2.05) is 0 Å². The Hall–Kier alpha value is -4.22. The van der Waals surface area contributed by atoms with E-state index in [9.17, 15) is 19.2 Å². The smallest absolute Gasteiger partial charge is 0.264 e. The molecule has 0 aliphatic carbocycles. The summed E-state index contributed by atoms with van der Waals surface area (Å²) in [6.07, 6.45) is 1.17. The van der Waals surface area contributed by atoms with Crippen molar-refractivity contribution < 1.29 is 14.4 Å². The van der Waals surface area contributed by atoms with E-state index in [2.05, 4.69) is 25.5 Å². The van der Waals surface area contributed by atoms with E-state index in [4.69, 9.17) is 11.6 Å². The molecule has 0 radical (unpaired) electrons. The minimum atomic E-state index is -0.722. The Balaban J connectivity index is 1.28. The number of rotatable bonds is 5. The summed E-state index contributed by atoms with van der Waals surface area (Å²) in [5, 5.41) is 11.3. The molecule has 0 saturated heterocycles. The van der Waals surface area contributed by atoms with Gasteiger partial charge >= 0.3 is 0 Å². The molecule has 0 spiro atoms. The summed E-state index contributed by atoms with van der Waals surface area (Å²) in [5.74, 6) is -1.27. The van der Waals surface area contributed by atoms with Gasteiger partial charge in [-0.05, 0) is 36.4 Å². The Kier molecular flexibility index (Phi) is 5.48. The van der Waals surface area contributed by atoms with Gasteiger partial charge in [0, 0.05) is 16.8 Å². The first-order valence-corrected chi connectivity index (χ1v) is 11.0. The van der Waals surface area contributed by atoms with Crippen LogP contribution in [-0.4, -0.2) is 42.8 Å². The highest BCUT2D eigenvalue weighted by atomic mass is 35.5. The average Bonchev–Trinajstić information content (AvgIpc) is 3.37. The number of amides is 3. The summed E-state index contributed by atoms with van der Waals surface area (Å²) in [6.45, 7) is -0.0855. The monoisotopic (exact) mass is 492 g/mol. The van der Waals surface area contributed by atoms with Gasteiger partial charge in [-0.15, -0.1) is 10.2 Å². The average molecular weight is 493 g/mol. The van der Waals surface area contributed by atoms with Crippen LogP contribution >= 0.6 is 22.9 Å². The Bertz CT molecular complexity index is 1480. The third-order valence-corrected chi connectivity index (χ3v) is 6.10. The van der Waals surface area contributed by atoms with Gasteiger partial charge in [0.15, 0.2) is 0 Å². The van der Waals surface area contributed by atoms with Crippen LogP contribution in [0.5, 0.6) is 0 Å². The molecular weight excluding hydrogens is 480 g/mol. The van der Waals surface area contributed by atoms with Crippen LogP contribution in [-0.2, 0) is 6.54 Å². The normalized spacial score (nSPS) is 12.7. The van der Waals surface area contributed by atoms with Crippen molar-refractivity contribution >= 4 is 45.8 Å². The van der Waals surface area contributed by atoms with Crippen LogP contribution in [0.15, 0.2) is 59.5 Å². The van der Waals surface area contributed by atoms with Crippen molar-refractivity contribution in [3.63, 3.8) is 0 Å². The summed E-state index contributed by atoms with van der Waals surface area (Å²) < 4.78 is 0. The highest BCUT2D eigenvalue weighted by Crippen LogP contribution is 2.26. The first-order chi connectivity index (χ1) is 16.4. The van der Waals surface area contributed by atoms with Crippen LogP contribution in [0.3, 0.4) is 0 Å². The third kappa shape index (κ3) is 3.98. The largest absolute Gasteiger partial charge is 0.306 e. The fourth-order valence-electron chi connectivity index (χ4n) is 3.36. The molecule has 12 heteroatoms. The van der Waals surface area contributed by atoms with Crippen molar-refractivity contribution in [3.05, 3.63) is 91.8 Å². The van der Waals surface area contributed by atoms with E-state index in [1.165, 1.54) is 6.20 Å². The fraction of sp³-hybridized carbons (Fsp3) is 0.0455. The summed E-state index contributed by atoms with van der Waals surface area (Å²) in [7, 11) is 0. The van der Waals surface area contributed by atoms with E-state index in [-0.39, 0.29) is 23.1 Å². The second kappa shape index (κ2) is 8.61. The Morgan fingerprint density at radius 1 is 1.00 bits per heavy atom. The molecule has 2 aromatic heterocycles. The van der Waals surface area contributed by atoms with Crippen LogP contribution in [0.4, 0.5) is 5.13 Å². The molecule has 168 valence electrons. The molecule has 4 aromatic rings.